The van der Waals surface area contributed by atoms with E-state index in [2.05, 4.69) is 37.2 Å². The van der Waals surface area contributed by atoms with Crippen molar-refractivity contribution in [3.05, 3.63) is 41.7 Å². The van der Waals surface area contributed by atoms with Crippen LogP contribution in [0.5, 0.6) is 0 Å². The number of carbonyl (C=O) groups is 1. The zero-order valence-electron chi connectivity index (χ0n) is 16.2. The molecule has 1 aromatic heterocycles. The van der Waals surface area contributed by atoms with Crippen LogP contribution in [0.25, 0.3) is 0 Å². The Bertz CT molecular complexity index is 753. The molecule has 2 nitrogen and oxygen atoms in total. The monoisotopic (exact) mass is 349 g/mol. The predicted octanol–water partition coefficient (Wildman–Crippen LogP) is 5.70. The molecule has 6 atom stereocenters. The van der Waals surface area contributed by atoms with Crippen LogP contribution in [0.4, 0.5) is 0 Å². The van der Waals surface area contributed by atoms with E-state index in [1.54, 1.807) is 0 Å². The first-order valence-electron chi connectivity index (χ1n) is 10.7. The van der Waals surface area contributed by atoms with Crippen LogP contribution in [0.2, 0.25) is 0 Å². The number of carbonyl (C=O) groups excluding carboxylic acids is 1. The topological polar surface area (TPSA) is 30.0 Å². The molecule has 0 bridgehead atoms. The fraction of sp³-hybridized carbons (Fsp3) is 0.667. The first-order chi connectivity index (χ1) is 12.5. The zero-order valence-corrected chi connectivity index (χ0v) is 16.2. The SMILES string of the molecule is C[C@]12CCC(=O)C=C1CC[C@@H]1[C@@H]2CC[C@]2(C)C(c3cccnc3)CC[C@@H]12. The smallest absolute Gasteiger partial charge is 0.155 e. The van der Waals surface area contributed by atoms with Crippen LogP contribution in [-0.4, -0.2) is 10.8 Å². The minimum atomic E-state index is 0.296. The molecular weight excluding hydrogens is 318 g/mol. The molecule has 4 aliphatic carbocycles. The fourth-order valence-corrected chi connectivity index (χ4v) is 7.69. The number of allylic oxidation sites excluding steroid dienone is 1. The average molecular weight is 350 g/mol. The fourth-order valence-electron chi connectivity index (χ4n) is 7.69. The molecule has 0 spiro atoms. The molecular formula is C24H31NO. The molecule has 3 fully saturated rings. The lowest BCUT2D eigenvalue weighted by Crippen LogP contribution is -2.50. The second-order valence-corrected chi connectivity index (χ2v) is 9.93. The van der Waals surface area contributed by atoms with Gasteiger partial charge < -0.3 is 0 Å². The summed E-state index contributed by atoms with van der Waals surface area (Å²) in [5, 5.41) is 0. The molecule has 0 amide bonds. The highest BCUT2D eigenvalue weighted by atomic mass is 16.1. The Morgan fingerprint density at radius 1 is 1.04 bits per heavy atom. The van der Waals surface area contributed by atoms with Crippen molar-refractivity contribution in [2.75, 3.05) is 0 Å². The molecule has 138 valence electrons. The maximum absolute atomic E-state index is 12.0. The van der Waals surface area contributed by atoms with E-state index in [1.165, 1.54) is 43.2 Å². The maximum Gasteiger partial charge on any atom is 0.155 e. The van der Waals surface area contributed by atoms with Gasteiger partial charge in [0.1, 0.15) is 0 Å². The highest BCUT2D eigenvalue weighted by Crippen LogP contribution is 2.68. The highest BCUT2D eigenvalue weighted by molar-refractivity contribution is 5.91. The molecule has 26 heavy (non-hydrogen) atoms. The van der Waals surface area contributed by atoms with Gasteiger partial charge in [-0.1, -0.05) is 25.5 Å². The van der Waals surface area contributed by atoms with Crippen molar-refractivity contribution in [3.8, 4) is 0 Å². The van der Waals surface area contributed by atoms with Crippen molar-refractivity contribution >= 4 is 5.78 Å². The Hall–Kier alpha value is -1.44. The van der Waals surface area contributed by atoms with Crippen LogP contribution in [-0.2, 0) is 4.79 Å². The van der Waals surface area contributed by atoms with Crippen molar-refractivity contribution in [1.82, 2.24) is 4.98 Å². The van der Waals surface area contributed by atoms with E-state index in [4.69, 9.17) is 0 Å². The lowest BCUT2D eigenvalue weighted by Gasteiger charge is -2.58. The number of ketones is 1. The first kappa shape index (κ1) is 16.7. The number of hydrogen-bond acceptors (Lipinski definition) is 2. The van der Waals surface area contributed by atoms with Gasteiger partial charge in [-0.2, -0.15) is 0 Å². The quantitative estimate of drug-likeness (QED) is 0.651. The standard InChI is InChI=1S/C24H31NO/c1-23-11-9-18(26)14-17(23)5-6-19-21-8-7-20(16-4-3-13-25-15-16)24(21,2)12-10-22(19)23/h3-4,13-15,19-22H,5-12H2,1-2H3/t19-,20?,21-,22-,23-,24+/m0/s1. The van der Waals surface area contributed by atoms with E-state index >= 15 is 0 Å². The van der Waals surface area contributed by atoms with Gasteiger partial charge in [0.15, 0.2) is 5.78 Å². The van der Waals surface area contributed by atoms with Crippen molar-refractivity contribution in [2.24, 2.45) is 28.6 Å². The molecule has 0 aromatic carbocycles. The molecule has 1 unspecified atom stereocenters. The van der Waals surface area contributed by atoms with Crippen LogP contribution < -0.4 is 0 Å². The summed E-state index contributed by atoms with van der Waals surface area (Å²) in [7, 11) is 0. The van der Waals surface area contributed by atoms with Crippen LogP contribution >= 0.6 is 0 Å². The molecule has 1 aromatic rings. The van der Waals surface area contributed by atoms with Gasteiger partial charge in [-0.15, -0.1) is 0 Å². The van der Waals surface area contributed by atoms with Gasteiger partial charge in [0.05, 0.1) is 0 Å². The Morgan fingerprint density at radius 2 is 1.92 bits per heavy atom. The minimum absolute atomic E-state index is 0.296. The number of fused-ring (bicyclic) bond motifs is 5. The zero-order chi connectivity index (χ0) is 17.9. The van der Waals surface area contributed by atoms with Gasteiger partial charge in [-0.05, 0) is 97.2 Å². The number of hydrogen-bond donors (Lipinski definition) is 0. The van der Waals surface area contributed by atoms with Crippen LogP contribution in [0.3, 0.4) is 0 Å². The second-order valence-electron chi connectivity index (χ2n) is 9.93. The largest absolute Gasteiger partial charge is 0.295 e. The normalized spacial score (nSPS) is 44.7. The molecule has 3 saturated carbocycles. The molecule has 1 heterocycles. The van der Waals surface area contributed by atoms with E-state index in [0.717, 1.165) is 37.0 Å². The minimum Gasteiger partial charge on any atom is -0.295 e. The predicted molar refractivity (Wildman–Crippen MR) is 104 cm³/mol. The van der Waals surface area contributed by atoms with E-state index in [9.17, 15) is 4.79 Å². The van der Waals surface area contributed by atoms with Crippen molar-refractivity contribution in [1.29, 1.82) is 0 Å². The summed E-state index contributed by atoms with van der Waals surface area (Å²) in [6.45, 7) is 5.06. The van der Waals surface area contributed by atoms with Gasteiger partial charge in [-0.25, -0.2) is 0 Å². The summed E-state index contributed by atoms with van der Waals surface area (Å²) in [6.07, 6.45) is 15.8. The van der Waals surface area contributed by atoms with Crippen LogP contribution in [0.15, 0.2) is 36.2 Å². The summed E-state index contributed by atoms with van der Waals surface area (Å²) in [5.41, 5.74) is 3.68. The van der Waals surface area contributed by atoms with Gasteiger partial charge >= 0.3 is 0 Å². The van der Waals surface area contributed by atoms with E-state index in [-0.39, 0.29) is 0 Å². The van der Waals surface area contributed by atoms with Gasteiger partial charge in [-0.3, -0.25) is 9.78 Å². The summed E-state index contributed by atoms with van der Waals surface area (Å²) in [6, 6.07) is 4.41. The van der Waals surface area contributed by atoms with Crippen molar-refractivity contribution in [2.45, 2.75) is 71.1 Å². The summed E-state index contributed by atoms with van der Waals surface area (Å²) in [4.78, 5) is 16.4. The van der Waals surface area contributed by atoms with E-state index < -0.39 is 0 Å². The Balaban J connectivity index is 1.47. The van der Waals surface area contributed by atoms with E-state index in [1.807, 2.05) is 12.3 Å². The van der Waals surface area contributed by atoms with Crippen LogP contribution in [0, 0.1) is 28.6 Å². The lowest BCUT2D eigenvalue weighted by molar-refractivity contribution is -0.117. The molecule has 5 rings (SSSR count). The highest BCUT2D eigenvalue weighted by Gasteiger charge is 2.59. The van der Waals surface area contributed by atoms with Crippen molar-refractivity contribution < 1.29 is 4.79 Å². The van der Waals surface area contributed by atoms with Gasteiger partial charge in [0, 0.05) is 18.8 Å². The first-order valence-corrected chi connectivity index (χ1v) is 10.7. The van der Waals surface area contributed by atoms with E-state index in [0.29, 0.717) is 22.5 Å². The average Bonchev–Trinajstić information content (AvgIpc) is 3.00. The number of aromatic nitrogens is 1. The third-order valence-electron chi connectivity index (χ3n) is 9.05. The number of nitrogens with zero attached hydrogens (tertiary/aromatic N) is 1. The van der Waals surface area contributed by atoms with Crippen LogP contribution in [0.1, 0.15) is 76.7 Å². The Kier molecular flexibility index (Phi) is 3.71. The second kappa shape index (κ2) is 5.78. The summed E-state index contributed by atoms with van der Waals surface area (Å²) >= 11 is 0. The van der Waals surface area contributed by atoms with Gasteiger partial charge in [0.25, 0.3) is 0 Å². The number of pyridine rings is 1. The lowest BCUT2D eigenvalue weighted by atomic mass is 9.46. The molecule has 0 radical (unpaired) electrons. The molecule has 0 N–H and O–H groups in total. The third-order valence-corrected chi connectivity index (χ3v) is 9.05. The number of rotatable bonds is 1. The third kappa shape index (κ3) is 2.23. The molecule has 0 aliphatic heterocycles. The maximum atomic E-state index is 12.0. The van der Waals surface area contributed by atoms with Gasteiger partial charge in [0.2, 0.25) is 0 Å². The molecule has 0 saturated heterocycles. The molecule has 2 heteroatoms. The molecule has 4 aliphatic rings. The summed E-state index contributed by atoms with van der Waals surface area (Å²) < 4.78 is 0. The Morgan fingerprint density at radius 3 is 2.73 bits per heavy atom. The van der Waals surface area contributed by atoms with Crippen molar-refractivity contribution in [3.63, 3.8) is 0 Å². The summed E-state index contributed by atoms with van der Waals surface area (Å²) in [5.74, 6) is 3.54. The Labute approximate surface area is 157 Å².